The Bertz CT molecular complexity index is 213. The Hall–Kier alpha value is -0.0800. The molecule has 0 aliphatic heterocycles. The maximum atomic E-state index is 6.19. The Morgan fingerprint density at radius 1 is 1.00 bits per heavy atom. The van der Waals surface area contributed by atoms with Gasteiger partial charge < -0.3 is 10.1 Å². The molecule has 0 aromatic rings. The van der Waals surface area contributed by atoms with E-state index in [1.807, 2.05) is 7.05 Å². The van der Waals surface area contributed by atoms with E-state index in [1.54, 1.807) is 0 Å². The lowest BCUT2D eigenvalue weighted by Gasteiger charge is -2.40. The summed E-state index contributed by atoms with van der Waals surface area (Å²) >= 11 is 0. The van der Waals surface area contributed by atoms with Crippen molar-refractivity contribution in [3.63, 3.8) is 0 Å². The van der Waals surface area contributed by atoms with E-state index in [4.69, 9.17) is 4.74 Å². The number of nitrogens with one attached hydrogen (secondary N) is 1. The molecule has 0 aromatic heterocycles. The summed E-state index contributed by atoms with van der Waals surface area (Å²) < 4.78 is 6.19. The van der Waals surface area contributed by atoms with Crippen molar-refractivity contribution in [2.75, 3.05) is 13.6 Å². The first-order valence-electron chi connectivity index (χ1n) is 6.99. The third-order valence-electron chi connectivity index (χ3n) is 4.62. The van der Waals surface area contributed by atoms with Gasteiger partial charge in [0.05, 0.1) is 12.2 Å². The Labute approximate surface area is 100 Å². The molecule has 0 aromatic carbocycles. The van der Waals surface area contributed by atoms with Crippen LogP contribution in [-0.4, -0.2) is 25.8 Å². The van der Waals surface area contributed by atoms with Crippen LogP contribution in [0.25, 0.3) is 0 Å². The first-order chi connectivity index (χ1) is 7.69. The molecule has 94 valence electrons. The molecular weight excluding hydrogens is 198 g/mol. The minimum absolute atomic E-state index is 0.562. The lowest BCUT2D eigenvalue weighted by molar-refractivity contribution is -0.0965. The molecule has 2 fully saturated rings. The fourth-order valence-corrected chi connectivity index (χ4v) is 3.13. The zero-order valence-corrected chi connectivity index (χ0v) is 11.0. The van der Waals surface area contributed by atoms with Gasteiger partial charge in [-0.2, -0.15) is 0 Å². The van der Waals surface area contributed by atoms with Crippen LogP contribution in [-0.2, 0) is 4.74 Å². The van der Waals surface area contributed by atoms with Crippen LogP contribution in [0.1, 0.15) is 46.0 Å². The quantitative estimate of drug-likeness (QED) is 0.794. The van der Waals surface area contributed by atoms with Crippen molar-refractivity contribution >= 4 is 0 Å². The lowest BCUT2D eigenvalue weighted by Crippen LogP contribution is -2.40. The average molecular weight is 225 g/mol. The molecular formula is C14H27NO. The van der Waals surface area contributed by atoms with Crippen LogP contribution in [0.5, 0.6) is 0 Å². The largest absolute Gasteiger partial charge is 0.375 e. The highest BCUT2D eigenvalue weighted by atomic mass is 16.5. The molecule has 2 aliphatic rings. The van der Waals surface area contributed by atoms with Crippen molar-refractivity contribution < 1.29 is 4.74 Å². The Morgan fingerprint density at radius 2 is 1.75 bits per heavy atom. The molecule has 0 heterocycles. The van der Waals surface area contributed by atoms with Gasteiger partial charge in [0.1, 0.15) is 0 Å². The third-order valence-corrected chi connectivity index (χ3v) is 4.62. The van der Waals surface area contributed by atoms with Gasteiger partial charge in [-0.25, -0.2) is 0 Å². The van der Waals surface area contributed by atoms with E-state index in [2.05, 4.69) is 19.2 Å². The summed E-state index contributed by atoms with van der Waals surface area (Å²) in [5, 5.41) is 3.25. The van der Waals surface area contributed by atoms with Gasteiger partial charge in [0.15, 0.2) is 0 Å². The van der Waals surface area contributed by atoms with Crippen LogP contribution >= 0.6 is 0 Å². The van der Waals surface area contributed by atoms with Crippen molar-refractivity contribution in [2.24, 2.45) is 17.8 Å². The van der Waals surface area contributed by atoms with E-state index >= 15 is 0 Å². The zero-order chi connectivity index (χ0) is 11.5. The smallest absolute Gasteiger partial charge is 0.0585 e. The summed E-state index contributed by atoms with van der Waals surface area (Å²) in [5.74, 6) is 2.63. The summed E-state index contributed by atoms with van der Waals surface area (Å²) in [4.78, 5) is 0. The average Bonchev–Trinajstić information content (AvgIpc) is 2.20. The summed E-state index contributed by atoms with van der Waals surface area (Å²) in [7, 11) is 2.04. The third kappa shape index (κ3) is 2.98. The van der Waals surface area contributed by atoms with Gasteiger partial charge in [-0.1, -0.05) is 13.8 Å². The highest BCUT2D eigenvalue weighted by molar-refractivity contribution is 4.84. The fourth-order valence-electron chi connectivity index (χ4n) is 3.13. The molecule has 3 unspecified atom stereocenters. The van der Waals surface area contributed by atoms with Gasteiger partial charge in [0.2, 0.25) is 0 Å². The molecule has 16 heavy (non-hydrogen) atoms. The van der Waals surface area contributed by atoms with Gasteiger partial charge in [0, 0.05) is 0 Å². The molecule has 3 atom stereocenters. The van der Waals surface area contributed by atoms with E-state index in [-0.39, 0.29) is 0 Å². The predicted octanol–water partition coefficient (Wildman–Crippen LogP) is 2.83. The van der Waals surface area contributed by atoms with Crippen molar-refractivity contribution in [1.82, 2.24) is 5.32 Å². The molecule has 2 saturated carbocycles. The minimum Gasteiger partial charge on any atom is -0.375 e. The molecule has 0 spiro atoms. The molecule has 2 rings (SSSR count). The minimum atomic E-state index is 0.562. The normalized spacial score (nSPS) is 44.1. The Morgan fingerprint density at radius 3 is 2.38 bits per heavy atom. The molecule has 1 N–H and O–H groups in total. The molecule has 2 heteroatoms. The highest BCUT2D eigenvalue weighted by Crippen LogP contribution is 2.36. The van der Waals surface area contributed by atoms with Gasteiger partial charge in [-0.05, 0) is 63.5 Å². The molecule has 2 nitrogen and oxygen atoms in total. The monoisotopic (exact) mass is 225 g/mol. The van der Waals surface area contributed by atoms with E-state index in [1.165, 1.54) is 32.1 Å². The van der Waals surface area contributed by atoms with E-state index < -0.39 is 0 Å². The van der Waals surface area contributed by atoms with Gasteiger partial charge in [-0.3, -0.25) is 0 Å². The second-order valence-electron chi connectivity index (χ2n) is 6.04. The van der Waals surface area contributed by atoms with Crippen LogP contribution in [0, 0.1) is 17.8 Å². The summed E-state index contributed by atoms with van der Waals surface area (Å²) in [6.45, 7) is 5.93. The van der Waals surface area contributed by atoms with Gasteiger partial charge in [0.25, 0.3) is 0 Å². The van der Waals surface area contributed by atoms with Crippen molar-refractivity contribution in [3.05, 3.63) is 0 Å². The second-order valence-corrected chi connectivity index (χ2v) is 6.04. The summed E-state index contributed by atoms with van der Waals surface area (Å²) in [5.41, 5.74) is 0. The number of ether oxygens (including phenoxy) is 1. The number of hydrogen-bond acceptors (Lipinski definition) is 2. The Balaban J connectivity index is 1.64. The highest BCUT2D eigenvalue weighted by Gasteiger charge is 2.33. The lowest BCUT2D eigenvalue weighted by atomic mass is 9.79. The first-order valence-corrected chi connectivity index (χ1v) is 6.99. The SMILES string of the molecule is CNCC1CC(OC2CCC(C)C(C)C2)C1. The van der Waals surface area contributed by atoms with Crippen molar-refractivity contribution in [1.29, 1.82) is 0 Å². The first kappa shape index (κ1) is 12.4. The van der Waals surface area contributed by atoms with Crippen molar-refractivity contribution in [2.45, 2.75) is 58.2 Å². The molecule has 0 bridgehead atoms. The molecule has 0 amide bonds. The predicted molar refractivity (Wildman–Crippen MR) is 67.5 cm³/mol. The number of hydrogen-bond donors (Lipinski definition) is 1. The van der Waals surface area contributed by atoms with Crippen LogP contribution < -0.4 is 5.32 Å². The maximum absolute atomic E-state index is 6.19. The molecule has 0 saturated heterocycles. The van der Waals surface area contributed by atoms with Crippen LogP contribution in [0.15, 0.2) is 0 Å². The molecule has 2 aliphatic carbocycles. The molecule has 0 radical (unpaired) electrons. The summed E-state index contributed by atoms with van der Waals surface area (Å²) in [6, 6.07) is 0. The Kier molecular flexibility index (Phi) is 4.26. The second kappa shape index (κ2) is 5.50. The van der Waals surface area contributed by atoms with Crippen LogP contribution in [0.2, 0.25) is 0 Å². The topological polar surface area (TPSA) is 21.3 Å². The fraction of sp³-hybridized carbons (Fsp3) is 1.00. The number of rotatable bonds is 4. The maximum Gasteiger partial charge on any atom is 0.0585 e. The van der Waals surface area contributed by atoms with E-state index in [9.17, 15) is 0 Å². The standard InChI is InChI=1S/C14H27NO/c1-10-4-5-13(6-11(10)2)16-14-7-12(8-14)9-15-3/h10-15H,4-9H2,1-3H3. The van der Waals surface area contributed by atoms with E-state index in [0.717, 1.165) is 24.3 Å². The zero-order valence-electron chi connectivity index (χ0n) is 11.0. The summed E-state index contributed by atoms with van der Waals surface area (Å²) in [6.07, 6.45) is 7.63. The van der Waals surface area contributed by atoms with Gasteiger partial charge in [-0.15, -0.1) is 0 Å². The van der Waals surface area contributed by atoms with Crippen LogP contribution in [0.4, 0.5) is 0 Å². The van der Waals surface area contributed by atoms with Crippen LogP contribution in [0.3, 0.4) is 0 Å². The van der Waals surface area contributed by atoms with E-state index in [0.29, 0.717) is 12.2 Å². The van der Waals surface area contributed by atoms with Crippen molar-refractivity contribution in [3.8, 4) is 0 Å². The van der Waals surface area contributed by atoms with Gasteiger partial charge >= 0.3 is 0 Å².